The molecule has 0 unspecified atom stereocenters. The molecule has 1 aromatic heterocycles. The zero-order chi connectivity index (χ0) is 8.43. The summed E-state index contributed by atoms with van der Waals surface area (Å²) in [5.41, 5.74) is -0.258. The summed E-state index contributed by atoms with van der Waals surface area (Å²) in [6.45, 7) is 0. The molecule has 0 fully saturated rings. The van der Waals surface area contributed by atoms with Crippen molar-refractivity contribution in [2.45, 2.75) is 0 Å². The molecule has 0 aliphatic rings. The van der Waals surface area contributed by atoms with E-state index in [1.807, 2.05) is 0 Å². The standard InChI is InChI=1S/C6H2Cl2FNO/c7-5-3(2-11)4(9)1-10-6(5)8/h1-2H. The molecule has 0 aliphatic carbocycles. The van der Waals surface area contributed by atoms with Crippen LogP contribution in [0.4, 0.5) is 4.39 Å². The first-order valence-electron chi connectivity index (χ1n) is 2.61. The van der Waals surface area contributed by atoms with Crippen LogP contribution in [0.15, 0.2) is 6.20 Å². The van der Waals surface area contributed by atoms with Crippen LogP contribution in [0, 0.1) is 5.82 Å². The molecule has 0 saturated heterocycles. The number of pyridine rings is 1. The summed E-state index contributed by atoms with van der Waals surface area (Å²) in [5, 5.41) is -0.225. The first-order chi connectivity index (χ1) is 5.16. The van der Waals surface area contributed by atoms with Crippen LogP contribution < -0.4 is 0 Å². The first kappa shape index (κ1) is 8.43. The second-order valence-electron chi connectivity index (χ2n) is 1.74. The first-order valence-corrected chi connectivity index (χ1v) is 3.37. The van der Waals surface area contributed by atoms with E-state index in [-0.39, 0.29) is 15.7 Å². The van der Waals surface area contributed by atoms with Crippen molar-refractivity contribution in [3.05, 3.63) is 27.8 Å². The van der Waals surface area contributed by atoms with Crippen molar-refractivity contribution in [1.29, 1.82) is 0 Å². The van der Waals surface area contributed by atoms with E-state index in [1.54, 1.807) is 0 Å². The van der Waals surface area contributed by atoms with E-state index in [2.05, 4.69) is 4.98 Å². The third kappa shape index (κ3) is 1.49. The minimum atomic E-state index is -0.769. The molecule has 1 aromatic rings. The molecule has 5 heteroatoms. The average Bonchev–Trinajstić information content (AvgIpc) is 1.99. The molecule has 11 heavy (non-hydrogen) atoms. The Morgan fingerprint density at radius 2 is 2.18 bits per heavy atom. The van der Waals surface area contributed by atoms with Crippen LogP contribution in [0.2, 0.25) is 10.2 Å². The van der Waals surface area contributed by atoms with Crippen molar-refractivity contribution >= 4 is 29.5 Å². The Morgan fingerprint density at radius 1 is 1.55 bits per heavy atom. The van der Waals surface area contributed by atoms with Gasteiger partial charge >= 0.3 is 0 Å². The lowest BCUT2D eigenvalue weighted by Crippen LogP contribution is -1.91. The fraction of sp³-hybridized carbons (Fsp3) is 0. The van der Waals surface area contributed by atoms with E-state index in [4.69, 9.17) is 23.2 Å². The number of carbonyl (C=O) groups is 1. The topological polar surface area (TPSA) is 30.0 Å². The highest BCUT2D eigenvalue weighted by Crippen LogP contribution is 2.23. The highest BCUT2D eigenvalue weighted by Gasteiger charge is 2.10. The van der Waals surface area contributed by atoms with Crippen molar-refractivity contribution in [3.63, 3.8) is 0 Å². The molecule has 0 N–H and O–H groups in total. The van der Waals surface area contributed by atoms with Gasteiger partial charge in [0.1, 0.15) is 5.15 Å². The van der Waals surface area contributed by atoms with Gasteiger partial charge < -0.3 is 0 Å². The van der Waals surface area contributed by atoms with Crippen LogP contribution in [0.25, 0.3) is 0 Å². The van der Waals surface area contributed by atoms with Gasteiger partial charge in [-0.1, -0.05) is 23.2 Å². The summed E-state index contributed by atoms with van der Waals surface area (Å²) in [4.78, 5) is 13.6. The van der Waals surface area contributed by atoms with Crippen molar-refractivity contribution in [2.24, 2.45) is 0 Å². The molecule has 1 heterocycles. The number of hydrogen-bond donors (Lipinski definition) is 0. The fourth-order valence-corrected chi connectivity index (χ4v) is 0.898. The van der Waals surface area contributed by atoms with E-state index in [0.29, 0.717) is 6.29 Å². The molecule has 58 valence electrons. The lowest BCUT2D eigenvalue weighted by Gasteiger charge is -1.97. The minimum absolute atomic E-state index is 0.0739. The smallest absolute Gasteiger partial charge is 0.154 e. The van der Waals surface area contributed by atoms with Crippen LogP contribution in [-0.4, -0.2) is 11.3 Å². The van der Waals surface area contributed by atoms with Crippen LogP contribution in [-0.2, 0) is 0 Å². The number of hydrogen-bond acceptors (Lipinski definition) is 2. The number of aldehydes is 1. The van der Waals surface area contributed by atoms with E-state index < -0.39 is 5.82 Å². The SMILES string of the molecule is O=Cc1c(F)cnc(Cl)c1Cl. The Labute approximate surface area is 71.9 Å². The fourth-order valence-electron chi connectivity index (χ4n) is 0.564. The summed E-state index contributed by atoms with van der Waals surface area (Å²) >= 11 is 10.8. The lowest BCUT2D eigenvalue weighted by atomic mass is 10.3. The maximum absolute atomic E-state index is 12.6. The van der Waals surface area contributed by atoms with Gasteiger partial charge in [-0.2, -0.15) is 0 Å². The van der Waals surface area contributed by atoms with Gasteiger partial charge in [-0.15, -0.1) is 0 Å². The zero-order valence-corrected chi connectivity index (χ0v) is 6.66. The molecular formula is C6H2Cl2FNO. The van der Waals surface area contributed by atoms with Gasteiger partial charge in [0.05, 0.1) is 16.8 Å². The van der Waals surface area contributed by atoms with Gasteiger partial charge in [0.25, 0.3) is 0 Å². The molecule has 2 nitrogen and oxygen atoms in total. The van der Waals surface area contributed by atoms with Gasteiger partial charge in [0.15, 0.2) is 12.1 Å². The van der Waals surface area contributed by atoms with E-state index >= 15 is 0 Å². The van der Waals surface area contributed by atoms with Gasteiger partial charge in [-0.3, -0.25) is 4.79 Å². The number of halogens is 3. The molecule has 0 spiro atoms. The maximum atomic E-state index is 12.6. The summed E-state index contributed by atoms with van der Waals surface area (Å²) in [7, 11) is 0. The molecular weight excluding hydrogens is 192 g/mol. The van der Waals surface area contributed by atoms with E-state index in [0.717, 1.165) is 6.20 Å². The monoisotopic (exact) mass is 193 g/mol. The summed E-state index contributed by atoms with van der Waals surface area (Å²) in [6, 6.07) is 0. The summed E-state index contributed by atoms with van der Waals surface area (Å²) in [5.74, 6) is -0.769. The molecule has 0 aromatic carbocycles. The van der Waals surface area contributed by atoms with Gasteiger partial charge in [0.2, 0.25) is 0 Å². The molecule has 0 amide bonds. The molecule has 0 bridgehead atoms. The van der Waals surface area contributed by atoms with Crippen LogP contribution in [0.1, 0.15) is 10.4 Å². The summed E-state index contributed by atoms with van der Waals surface area (Å²) < 4.78 is 12.6. The average molecular weight is 194 g/mol. The lowest BCUT2D eigenvalue weighted by molar-refractivity contribution is 0.112. The number of nitrogens with zero attached hydrogens (tertiary/aromatic N) is 1. The highest BCUT2D eigenvalue weighted by molar-refractivity contribution is 6.42. The van der Waals surface area contributed by atoms with E-state index in [1.165, 1.54) is 0 Å². The third-order valence-corrected chi connectivity index (χ3v) is 1.85. The maximum Gasteiger partial charge on any atom is 0.154 e. The van der Waals surface area contributed by atoms with E-state index in [9.17, 15) is 9.18 Å². The molecule has 0 aliphatic heterocycles. The number of carbonyl (C=O) groups excluding carboxylic acids is 1. The van der Waals surface area contributed by atoms with Crippen molar-refractivity contribution in [3.8, 4) is 0 Å². The molecule has 0 saturated carbocycles. The Bertz CT molecular complexity index is 303. The molecule has 1 rings (SSSR count). The number of aromatic nitrogens is 1. The second kappa shape index (κ2) is 3.15. The third-order valence-electron chi connectivity index (χ3n) is 1.08. The Kier molecular flexibility index (Phi) is 2.42. The van der Waals surface area contributed by atoms with Crippen LogP contribution in [0.3, 0.4) is 0 Å². The van der Waals surface area contributed by atoms with Crippen molar-refractivity contribution in [2.75, 3.05) is 0 Å². The van der Waals surface area contributed by atoms with Gasteiger partial charge in [0, 0.05) is 0 Å². The van der Waals surface area contributed by atoms with Crippen LogP contribution >= 0.6 is 23.2 Å². The number of rotatable bonds is 1. The highest BCUT2D eigenvalue weighted by atomic mass is 35.5. The van der Waals surface area contributed by atoms with Gasteiger partial charge in [-0.05, 0) is 0 Å². The normalized spacial score (nSPS) is 9.73. The molecule has 0 radical (unpaired) electrons. The minimum Gasteiger partial charge on any atom is -0.298 e. The predicted octanol–water partition coefficient (Wildman–Crippen LogP) is 2.34. The zero-order valence-electron chi connectivity index (χ0n) is 5.14. The van der Waals surface area contributed by atoms with Crippen molar-refractivity contribution < 1.29 is 9.18 Å². The molecule has 0 atom stereocenters. The summed E-state index contributed by atoms with van der Waals surface area (Å²) in [6.07, 6.45) is 1.14. The Morgan fingerprint density at radius 3 is 2.64 bits per heavy atom. The van der Waals surface area contributed by atoms with Crippen LogP contribution in [0.5, 0.6) is 0 Å². The second-order valence-corrected chi connectivity index (χ2v) is 2.48. The Hall–Kier alpha value is -0.670. The predicted molar refractivity (Wildman–Crippen MR) is 39.6 cm³/mol. The Balaban J connectivity index is 3.40. The van der Waals surface area contributed by atoms with Crippen molar-refractivity contribution in [1.82, 2.24) is 4.98 Å². The largest absolute Gasteiger partial charge is 0.298 e. The van der Waals surface area contributed by atoms with Gasteiger partial charge in [-0.25, -0.2) is 9.37 Å². The quantitative estimate of drug-likeness (QED) is 0.507.